The molecule has 0 heterocycles. The number of ether oxygens (including phenoxy) is 1. The SMILES string of the molecule is CC(C)(C)OC(=O)NC(CCCCNC(=O)C1=C/C=C\C=C/C=C1)C(=O)O. The summed E-state index contributed by atoms with van der Waals surface area (Å²) in [5.74, 6) is -1.30. The number of unbranched alkanes of at least 4 members (excludes halogenated alkanes) is 1. The topological polar surface area (TPSA) is 105 Å². The third kappa shape index (κ3) is 10.0. The maximum absolute atomic E-state index is 12.1. The van der Waals surface area contributed by atoms with Crippen LogP contribution in [0, 0.1) is 0 Å². The van der Waals surface area contributed by atoms with Crippen molar-refractivity contribution in [1.29, 1.82) is 0 Å². The number of carboxylic acids is 1. The smallest absolute Gasteiger partial charge is 0.408 e. The standard InChI is InChI=1S/C20H28N2O5/c1-20(2,3)27-19(26)22-16(18(24)25)13-9-10-14-21-17(23)15-11-7-5-4-6-8-12-15/h4-8,11-12,16H,9-10,13-14H2,1-3H3,(H,21,23)(H,22,26)(H,24,25)/b5-4-,6-4?,7-5?,8-6-,11-7?,12-8?,15-11?,15-12?. The third-order valence-corrected chi connectivity index (χ3v) is 3.45. The van der Waals surface area contributed by atoms with Gasteiger partial charge in [-0.15, -0.1) is 0 Å². The Balaban J connectivity index is 2.34. The molecular formula is C20H28N2O5. The molecule has 1 aliphatic carbocycles. The van der Waals surface area contributed by atoms with Crippen LogP contribution in [0.25, 0.3) is 0 Å². The molecule has 1 aliphatic rings. The molecular weight excluding hydrogens is 348 g/mol. The molecule has 0 spiro atoms. The molecule has 0 aromatic heterocycles. The molecule has 0 saturated heterocycles. The summed E-state index contributed by atoms with van der Waals surface area (Å²) in [5.41, 5.74) is -0.145. The molecule has 7 nitrogen and oxygen atoms in total. The number of hydrogen-bond donors (Lipinski definition) is 3. The fraction of sp³-hybridized carbons (Fsp3) is 0.450. The Labute approximate surface area is 159 Å². The van der Waals surface area contributed by atoms with E-state index in [9.17, 15) is 19.5 Å². The zero-order chi connectivity index (χ0) is 20.3. The van der Waals surface area contributed by atoms with Gasteiger partial charge in [0.25, 0.3) is 5.91 Å². The Morgan fingerprint density at radius 1 is 1.07 bits per heavy atom. The van der Waals surface area contributed by atoms with E-state index in [0.717, 1.165) is 0 Å². The second-order valence-corrected chi connectivity index (χ2v) is 7.04. The number of carbonyl (C=O) groups excluding carboxylic acids is 2. The summed E-state index contributed by atoms with van der Waals surface area (Å²) in [7, 11) is 0. The van der Waals surface area contributed by atoms with E-state index >= 15 is 0 Å². The predicted molar refractivity (Wildman–Crippen MR) is 103 cm³/mol. The van der Waals surface area contributed by atoms with Crippen molar-refractivity contribution in [3.63, 3.8) is 0 Å². The monoisotopic (exact) mass is 376 g/mol. The highest BCUT2D eigenvalue weighted by Crippen LogP contribution is 2.08. The fourth-order valence-electron chi connectivity index (χ4n) is 2.20. The van der Waals surface area contributed by atoms with Crippen LogP contribution >= 0.6 is 0 Å². The van der Waals surface area contributed by atoms with Crippen LogP contribution < -0.4 is 10.6 Å². The summed E-state index contributed by atoms with van der Waals surface area (Å²) in [6, 6.07) is -1.02. The molecule has 3 N–H and O–H groups in total. The molecule has 0 radical (unpaired) electrons. The minimum absolute atomic E-state index is 0.187. The molecule has 2 amide bonds. The van der Waals surface area contributed by atoms with E-state index in [1.807, 2.05) is 18.2 Å². The van der Waals surface area contributed by atoms with Crippen LogP contribution in [0.1, 0.15) is 40.0 Å². The minimum atomic E-state index is -1.12. The Bertz CT molecular complexity index is 654. The van der Waals surface area contributed by atoms with Crippen molar-refractivity contribution >= 4 is 18.0 Å². The van der Waals surface area contributed by atoms with E-state index in [4.69, 9.17) is 4.74 Å². The number of alkyl carbamates (subject to hydrolysis) is 1. The Hall–Kier alpha value is -2.83. The number of hydrogen-bond acceptors (Lipinski definition) is 4. The van der Waals surface area contributed by atoms with Crippen molar-refractivity contribution in [3.8, 4) is 0 Å². The van der Waals surface area contributed by atoms with Gasteiger partial charge in [-0.2, -0.15) is 0 Å². The first-order valence-corrected chi connectivity index (χ1v) is 8.91. The quantitative estimate of drug-likeness (QED) is 0.565. The van der Waals surface area contributed by atoms with Crippen LogP contribution in [0.15, 0.2) is 48.1 Å². The summed E-state index contributed by atoms with van der Waals surface area (Å²) in [6.45, 7) is 5.54. The van der Waals surface area contributed by atoms with E-state index in [2.05, 4.69) is 10.6 Å². The van der Waals surface area contributed by atoms with E-state index in [1.165, 1.54) is 0 Å². The van der Waals surface area contributed by atoms with Gasteiger partial charge in [0.15, 0.2) is 0 Å². The fourth-order valence-corrected chi connectivity index (χ4v) is 2.20. The van der Waals surface area contributed by atoms with Crippen molar-refractivity contribution in [2.24, 2.45) is 0 Å². The van der Waals surface area contributed by atoms with Gasteiger partial charge in [-0.25, -0.2) is 9.59 Å². The molecule has 0 saturated carbocycles. The summed E-state index contributed by atoms with van der Waals surface area (Å²) >= 11 is 0. The number of nitrogens with one attached hydrogen (secondary N) is 2. The Morgan fingerprint density at radius 2 is 1.74 bits per heavy atom. The van der Waals surface area contributed by atoms with Gasteiger partial charge in [-0.3, -0.25) is 4.79 Å². The molecule has 148 valence electrons. The molecule has 1 unspecified atom stereocenters. The molecule has 0 aliphatic heterocycles. The van der Waals surface area contributed by atoms with Crippen molar-refractivity contribution in [2.75, 3.05) is 6.54 Å². The number of allylic oxidation sites excluding steroid dienone is 6. The zero-order valence-electron chi connectivity index (χ0n) is 16.0. The first-order chi connectivity index (χ1) is 12.7. The van der Waals surface area contributed by atoms with Gasteiger partial charge >= 0.3 is 12.1 Å². The van der Waals surface area contributed by atoms with Crippen molar-refractivity contribution < 1.29 is 24.2 Å². The lowest BCUT2D eigenvalue weighted by atomic mass is 10.1. The number of carboxylic acid groups (broad SMARTS) is 1. The lowest BCUT2D eigenvalue weighted by Crippen LogP contribution is -2.43. The summed E-state index contributed by atoms with van der Waals surface area (Å²) in [5, 5.41) is 14.4. The van der Waals surface area contributed by atoms with Crippen LogP contribution in [0.4, 0.5) is 4.79 Å². The zero-order valence-corrected chi connectivity index (χ0v) is 16.0. The molecule has 7 heteroatoms. The maximum Gasteiger partial charge on any atom is 0.408 e. The largest absolute Gasteiger partial charge is 0.480 e. The minimum Gasteiger partial charge on any atom is -0.480 e. The van der Waals surface area contributed by atoms with Crippen LogP contribution in [0.3, 0.4) is 0 Å². The van der Waals surface area contributed by atoms with E-state index in [0.29, 0.717) is 25.0 Å². The van der Waals surface area contributed by atoms with Crippen molar-refractivity contribution in [3.05, 3.63) is 48.1 Å². The van der Waals surface area contributed by atoms with Gasteiger partial charge in [-0.05, 0) is 52.2 Å². The predicted octanol–water partition coefficient (Wildman–Crippen LogP) is 2.86. The highest BCUT2D eigenvalue weighted by Gasteiger charge is 2.23. The summed E-state index contributed by atoms with van der Waals surface area (Å²) in [4.78, 5) is 35.1. The number of carbonyl (C=O) groups is 3. The van der Waals surface area contributed by atoms with E-state index < -0.39 is 23.7 Å². The second-order valence-electron chi connectivity index (χ2n) is 7.04. The van der Waals surface area contributed by atoms with Crippen LogP contribution in [0.2, 0.25) is 0 Å². The first kappa shape index (κ1) is 22.2. The van der Waals surface area contributed by atoms with Crippen molar-refractivity contribution in [2.45, 2.75) is 51.7 Å². The van der Waals surface area contributed by atoms with Gasteiger partial charge in [0.2, 0.25) is 0 Å². The normalized spacial score (nSPS) is 16.9. The molecule has 0 bridgehead atoms. The molecule has 0 aromatic carbocycles. The van der Waals surface area contributed by atoms with E-state index in [1.54, 1.807) is 45.1 Å². The first-order valence-electron chi connectivity index (χ1n) is 8.91. The second kappa shape index (κ2) is 11.0. The Kier molecular flexibility index (Phi) is 9.05. The maximum atomic E-state index is 12.1. The number of aliphatic carboxylic acids is 1. The lowest BCUT2D eigenvalue weighted by molar-refractivity contribution is -0.139. The number of rotatable bonds is 8. The van der Waals surface area contributed by atoms with Crippen LogP contribution in [0.5, 0.6) is 0 Å². The number of amides is 2. The van der Waals surface area contributed by atoms with Crippen LogP contribution in [-0.2, 0) is 14.3 Å². The van der Waals surface area contributed by atoms with Gasteiger partial charge in [0, 0.05) is 12.1 Å². The third-order valence-electron chi connectivity index (χ3n) is 3.45. The molecule has 1 atom stereocenters. The average molecular weight is 376 g/mol. The average Bonchev–Trinajstić information content (AvgIpc) is 2.50. The van der Waals surface area contributed by atoms with Gasteiger partial charge < -0.3 is 20.5 Å². The van der Waals surface area contributed by atoms with Crippen LogP contribution in [-0.4, -0.2) is 41.3 Å². The van der Waals surface area contributed by atoms with Gasteiger partial charge in [0.1, 0.15) is 11.6 Å². The molecule has 27 heavy (non-hydrogen) atoms. The highest BCUT2D eigenvalue weighted by atomic mass is 16.6. The molecule has 1 rings (SSSR count). The van der Waals surface area contributed by atoms with E-state index in [-0.39, 0.29) is 12.3 Å². The highest BCUT2D eigenvalue weighted by molar-refractivity contribution is 5.96. The summed E-state index contributed by atoms with van der Waals surface area (Å²) < 4.78 is 5.07. The van der Waals surface area contributed by atoms with Gasteiger partial charge in [0.05, 0.1) is 0 Å². The lowest BCUT2D eigenvalue weighted by Gasteiger charge is -2.22. The Morgan fingerprint density at radius 3 is 2.41 bits per heavy atom. The summed E-state index contributed by atoms with van der Waals surface area (Å²) in [6.07, 6.45) is 13.2. The van der Waals surface area contributed by atoms with Crippen molar-refractivity contribution in [1.82, 2.24) is 10.6 Å². The van der Waals surface area contributed by atoms with Gasteiger partial charge in [-0.1, -0.05) is 30.4 Å². The molecule has 0 aromatic rings. The molecule has 0 fully saturated rings.